The molecule has 1 aromatic heterocycles. The van der Waals surface area contributed by atoms with Crippen molar-refractivity contribution in [1.82, 2.24) is 9.97 Å². The van der Waals surface area contributed by atoms with Gasteiger partial charge < -0.3 is 14.8 Å². The predicted molar refractivity (Wildman–Crippen MR) is 47.5 cm³/mol. The normalized spacial score (nSPS) is 28.2. The number of nitrogens with one attached hydrogen (secondary N) is 1. The number of hydrogen-bond acceptors (Lipinski definition) is 3. The highest BCUT2D eigenvalue weighted by Crippen LogP contribution is 2.31. The third kappa shape index (κ3) is 1.54. The van der Waals surface area contributed by atoms with Crippen LogP contribution in [-0.4, -0.2) is 21.2 Å². The summed E-state index contributed by atoms with van der Waals surface area (Å²) in [4.78, 5) is 7.02. The monoisotopic (exact) mass is 182 g/mol. The molecule has 1 aliphatic rings. The van der Waals surface area contributed by atoms with E-state index in [4.69, 9.17) is 4.74 Å². The van der Waals surface area contributed by atoms with Crippen LogP contribution in [0, 0.1) is 6.92 Å². The summed E-state index contributed by atoms with van der Waals surface area (Å²) in [6, 6.07) is 0. The maximum absolute atomic E-state index is 9.27. The molecule has 4 nitrogen and oxygen atoms in total. The Morgan fingerprint density at radius 2 is 2.31 bits per heavy atom. The maximum Gasteiger partial charge on any atom is 0.232 e. The van der Waals surface area contributed by atoms with E-state index < -0.39 is 0 Å². The zero-order valence-electron chi connectivity index (χ0n) is 7.87. The van der Waals surface area contributed by atoms with Gasteiger partial charge in [0, 0.05) is 0 Å². The Morgan fingerprint density at radius 3 is 2.77 bits per heavy atom. The van der Waals surface area contributed by atoms with Crippen LogP contribution >= 0.6 is 0 Å². The second kappa shape index (κ2) is 3.03. The molecular weight excluding hydrogens is 168 g/mol. The number of ether oxygens (including phenoxy) is 1. The van der Waals surface area contributed by atoms with Crippen LogP contribution < -0.4 is 0 Å². The topological polar surface area (TPSA) is 58.1 Å². The van der Waals surface area contributed by atoms with E-state index in [1.165, 1.54) is 0 Å². The quantitative estimate of drug-likeness (QED) is 0.694. The molecule has 0 amide bonds. The van der Waals surface area contributed by atoms with Crippen LogP contribution in [0.4, 0.5) is 0 Å². The van der Waals surface area contributed by atoms with E-state index in [0.29, 0.717) is 11.8 Å². The Balaban J connectivity index is 2.17. The lowest BCUT2D eigenvalue weighted by molar-refractivity contribution is 0.0506. The molecule has 0 aliphatic carbocycles. The van der Waals surface area contributed by atoms with E-state index >= 15 is 0 Å². The summed E-state index contributed by atoms with van der Waals surface area (Å²) in [5, 5.41) is 9.27. The number of rotatable bonds is 1. The first-order chi connectivity index (χ1) is 6.16. The van der Waals surface area contributed by atoms with E-state index in [1.807, 2.05) is 0 Å². The highest BCUT2D eigenvalue weighted by Gasteiger charge is 2.26. The van der Waals surface area contributed by atoms with E-state index in [-0.39, 0.29) is 12.0 Å². The summed E-state index contributed by atoms with van der Waals surface area (Å²) in [6.07, 6.45) is 2.38. The van der Waals surface area contributed by atoms with Crippen LogP contribution in [-0.2, 0) is 4.74 Å². The molecule has 2 atom stereocenters. The molecule has 1 fully saturated rings. The molecule has 72 valence electrons. The van der Waals surface area contributed by atoms with Crippen LogP contribution in [0.1, 0.15) is 37.4 Å². The van der Waals surface area contributed by atoms with Crippen LogP contribution in [0.5, 0.6) is 5.88 Å². The number of H-pyrrole nitrogens is 1. The van der Waals surface area contributed by atoms with Gasteiger partial charge in [0.1, 0.15) is 11.9 Å². The van der Waals surface area contributed by atoms with Gasteiger partial charge in [-0.1, -0.05) is 0 Å². The van der Waals surface area contributed by atoms with Crippen molar-refractivity contribution < 1.29 is 9.84 Å². The lowest BCUT2D eigenvalue weighted by Gasteiger charge is -2.06. The number of aromatic hydroxyl groups is 1. The van der Waals surface area contributed by atoms with Crippen molar-refractivity contribution in [3.05, 3.63) is 11.5 Å². The summed E-state index contributed by atoms with van der Waals surface area (Å²) >= 11 is 0. The minimum Gasteiger partial charge on any atom is -0.492 e. The molecule has 0 spiro atoms. The summed E-state index contributed by atoms with van der Waals surface area (Å²) in [7, 11) is 0. The van der Waals surface area contributed by atoms with E-state index in [1.54, 1.807) is 6.92 Å². The van der Waals surface area contributed by atoms with Gasteiger partial charge in [-0.3, -0.25) is 0 Å². The predicted octanol–water partition coefficient (Wildman–Crippen LogP) is 1.66. The first-order valence-electron chi connectivity index (χ1n) is 4.57. The summed E-state index contributed by atoms with van der Waals surface area (Å²) in [5.41, 5.74) is 0.707. The maximum atomic E-state index is 9.27. The van der Waals surface area contributed by atoms with Gasteiger partial charge in [-0.2, -0.15) is 4.98 Å². The Hall–Kier alpha value is -1.03. The molecule has 2 heterocycles. The van der Waals surface area contributed by atoms with Crippen molar-refractivity contribution in [2.75, 3.05) is 0 Å². The number of aromatic amines is 1. The third-order valence-corrected chi connectivity index (χ3v) is 2.41. The SMILES string of the molecule is Cc1[nH]c(C2CCC(C)O2)nc1O. The number of aromatic nitrogens is 2. The molecule has 1 aliphatic heterocycles. The molecule has 13 heavy (non-hydrogen) atoms. The van der Waals surface area contributed by atoms with Crippen molar-refractivity contribution in [3.63, 3.8) is 0 Å². The molecule has 1 aromatic rings. The first kappa shape index (κ1) is 8.56. The van der Waals surface area contributed by atoms with Gasteiger partial charge in [0.2, 0.25) is 5.88 Å². The fourth-order valence-corrected chi connectivity index (χ4v) is 1.63. The van der Waals surface area contributed by atoms with Gasteiger partial charge in [-0.25, -0.2) is 0 Å². The van der Waals surface area contributed by atoms with Gasteiger partial charge >= 0.3 is 0 Å². The molecular formula is C9H14N2O2. The standard InChI is InChI=1S/C9H14N2O2/c1-5-3-4-7(13-5)8-10-6(2)9(12)11-8/h5,7,12H,3-4H2,1-2H3,(H,10,11). The Morgan fingerprint density at radius 1 is 1.54 bits per heavy atom. The van der Waals surface area contributed by atoms with E-state index in [2.05, 4.69) is 16.9 Å². The Bertz CT molecular complexity index is 289. The number of hydrogen-bond donors (Lipinski definition) is 2. The summed E-state index contributed by atoms with van der Waals surface area (Å²) < 4.78 is 5.61. The second-order valence-corrected chi connectivity index (χ2v) is 3.58. The number of nitrogens with zero attached hydrogens (tertiary/aromatic N) is 1. The van der Waals surface area contributed by atoms with Crippen LogP contribution in [0.25, 0.3) is 0 Å². The van der Waals surface area contributed by atoms with Crippen LogP contribution in [0.3, 0.4) is 0 Å². The minimum absolute atomic E-state index is 0.0367. The van der Waals surface area contributed by atoms with Crippen LogP contribution in [0.2, 0.25) is 0 Å². The molecule has 2 N–H and O–H groups in total. The highest BCUT2D eigenvalue weighted by atomic mass is 16.5. The molecule has 2 unspecified atom stereocenters. The molecule has 4 heteroatoms. The fourth-order valence-electron chi connectivity index (χ4n) is 1.63. The zero-order chi connectivity index (χ0) is 9.42. The van der Waals surface area contributed by atoms with Gasteiger partial charge in [0.05, 0.1) is 11.8 Å². The highest BCUT2D eigenvalue weighted by molar-refractivity contribution is 5.18. The first-order valence-corrected chi connectivity index (χ1v) is 4.57. The van der Waals surface area contributed by atoms with Gasteiger partial charge in [-0.05, 0) is 26.7 Å². The number of imidazole rings is 1. The third-order valence-electron chi connectivity index (χ3n) is 2.41. The second-order valence-electron chi connectivity index (χ2n) is 3.58. The van der Waals surface area contributed by atoms with Crippen molar-refractivity contribution in [2.24, 2.45) is 0 Å². The van der Waals surface area contributed by atoms with Crippen molar-refractivity contribution >= 4 is 0 Å². The summed E-state index contributed by atoms with van der Waals surface area (Å²) in [5.74, 6) is 0.831. The van der Waals surface area contributed by atoms with Crippen molar-refractivity contribution in [2.45, 2.75) is 38.9 Å². The molecule has 0 radical (unpaired) electrons. The Kier molecular flexibility index (Phi) is 2.00. The van der Waals surface area contributed by atoms with Gasteiger partial charge in [0.15, 0.2) is 0 Å². The van der Waals surface area contributed by atoms with Gasteiger partial charge in [0.25, 0.3) is 0 Å². The molecule has 1 saturated heterocycles. The number of aryl methyl sites for hydroxylation is 1. The molecule has 0 saturated carbocycles. The Labute approximate surface area is 77.0 Å². The minimum atomic E-state index is 0.0367. The average Bonchev–Trinajstić information content (AvgIpc) is 2.61. The van der Waals surface area contributed by atoms with Gasteiger partial charge in [-0.15, -0.1) is 0 Å². The van der Waals surface area contributed by atoms with E-state index in [9.17, 15) is 5.11 Å². The average molecular weight is 182 g/mol. The molecule has 2 rings (SSSR count). The fraction of sp³-hybridized carbons (Fsp3) is 0.667. The molecule has 0 aromatic carbocycles. The summed E-state index contributed by atoms with van der Waals surface area (Å²) in [6.45, 7) is 3.85. The lowest BCUT2D eigenvalue weighted by atomic mass is 10.2. The largest absolute Gasteiger partial charge is 0.492 e. The van der Waals surface area contributed by atoms with Crippen LogP contribution in [0.15, 0.2) is 0 Å². The molecule has 0 bridgehead atoms. The van der Waals surface area contributed by atoms with Crippen molar-refractivity contribution in [3.8, 4) is 5.88 Å². The van der Waals surface area contributed by atoms with Crippen molar-refractivity contribution in [1.29, 1.82) is 0 Å². The zero-order valence-corrected chi connectivity index (χ0v) is 7.87. The lowest BCUT2D eigenvalue weighted by Crippen LogP contribution is -2.02. The van der Waals surface area contributed by atoms with E-state index in [0.717, 1.165) is 18.7 Å². The smallest absolute Gasteiger partial charge is 0.232 e.